The Hall–Kier alpha value is -2.06. The topological polar surface area (TPSA) is 21.3 Å². The maximum absolute atomic E-state index is 6.01. The summed E-state index contributed by atoms with van der Waals surface area (Å²) in [5.74, 6) is 0.921. The molecule has 0 radical (unpaired) electrons. The Labute approximate surface area is 126 Å². The summed E-state index contributed by atoms with van der Waals surface area (Å²) >= 11 is 0. The van der Waals surface area contributed by atoms with Gasteiger partial charge in [-0.3, -0.25) is 0 Å². The molecule has 0 spiro atoms. The van der Waals surface area contributed by atoms with Crippen LogP contribution in [-0.2, 0) is 0 Å². The second kappa shape index (κ2) is 6.59. The van der Waals surface area contributed by atoms with Crippen LogP contribution in [0.3, 0.4) is 0 Å². The van der Waals surface area contributed by atoms with Crippen LogP contribution in [0.2, 0.25) is 0 Å². The molecule has 0 saturated carbocycles. The summed E-state index contributed by atoms with van der Waals surface area (Å²) in [5, 5.41) is 3.34. The predicted octanol–water partition coefficient (Wildman–Crippen LogP) is 4.20. The fraction of sp³-hybridized carbons (Fsp3) is 0.263. The molecule has 21 heavy (non-hydrogen) atoms. The van der Waals surface area contributed by atoms with E-state index in [0.29, 0.717) is 0 Å². The number of hydrogen-bond acceptors (Lipinski definition) is 2. The summed E-state index contributed by atoms with van der Waals surface area (Å²) in [5.41, 5.74) is 3.93. The first-order valence-corrected chi connectivity index (χ1v) is 7.55. The lowest BCUT2D eigenvalue weighted by Gasteiger charge is -2.17. The molecule has 1 aliphatic heterocycles. The van der Waals surface area contributed by atoms with Crippen molar-refractivity contribution in [3.8, 4) is 5.75 Å². The number of benzene rings is 2. The zero-order chi connectivity index (χ0) is 14.5. The molecule has 108 valence electrons. The van der Waals surface area contributed by atoms with Gasteiger partial charge in [-0.1, -0.05) is 48.5 Å². The van der Waals surface area contributed by atoms with Crippen LogP contribution in [0.1, 0.15) is 30.6 Å². The van der Waals surface area contributed by atoms with Gasteiger partial charge in [-0.2, -0.15) is 0 Å². The number of nitrogens with one attached hydrogen (secondary N) is 1. The first kappa shape index (κ1) is 13.9. The van der Waals surface area contributed by atoms with Crippen molar-refractivity contribution >= 4 is 5.57 Å². The largest absolute Gasteiger partial charge is 0.486 e. The minimum Gasteiger partial charge on any atom is -0.486 e. The molecule has 0 aromatic heterocycles. The van der Waals surface area contributed by atoms with Gasteiger partial charge in [-0.25, -0.2) is 0 Å². The van der Waals surface area contributed by atoms with Crippen LogP contribution in [0, 0.1) is 0 Å². The van der Waals surface area contributed by atoms with Crippen molar-refractivity contribution in [3.63, 3.8) is 0 Å². The van der Waals surface area contributed by atoms with Gasteiger partial charge >= 0.3 is 0 Å². The zero-order valence-electron chi connectivity index (χ0n) is 12.4. The summed E-state index contributed by atoms with van der Waals surface area (Å²) in [6.45, 7) is 4.12. The average Bonchev–Trinajstić information content (AvgIpc) is 2.57. The molecule has 1 atom stereocenters. The lowest BCUT2D eigenvalue weighted by atomic mass is 10.0. The Balaban J connectivity index is 1.68. The van der Waals surface area contributed by atoms with Gasteiger partial charge in [0.15, 0.2) is 0 Å². The molecule has 2 aromatic carbocycles. The Morgan fingerprint density at radius 1 is 1.00 bits per heavy atom. The van der Waals surface area contributed by atoms with E-state index >= 15 is 0 Å². The molecule has 0 saturated heterocycles. The molecule has 0 fully saturated rings. The van der Waals surface area contributed by atoms with E-state index in [1.54, 1.807) is 0 Å². The third-order valence-electron chi connectivity index (χ3n) is 3.87. The van der Waals surface area contributed by atoms with Crippen LogP contribution in [0.15, 0.2) is 60.7 Å². The third kappa shape index (κ3) is 3.53. The van der Waals surface area contributed by atoms with Crippen molar-refractivity contribution in [2.24, 2.45) is 0 Å². The highest BCUT2D eigenvalue weighted by molar-refractivity contribution is 5.67. The van der Waals surface area contributed by atoms with E-state index in [4.69, 9.17) is 4.74 Å². The predicted molar refractivity (Wildman–Crippen MR) is 87.4 cm³/mol. The number of hydrogen-bond donors (Lipinski definition) is 1. The molecule has 2 heteroatoms. The maximum Gasteiger partial charge on any atom is 0.121 e. The molecular weight excluding hydrogens is 258 g/mol. The molecule has 1 aliphatic rings. The summed E-state index contributed by atoms with van der Waals surface area (Å²) in [4.78, 5) is 0. The normalized spacial score (nSPS) is 16.1. The SMILES string of the molecule is CC(Oc1ccc(C2=CCNCC2)cc1)c1ccccc1. The first-order chi connectivity index (χ1) is 10.3. The Morgan fingerprint density at radius 3 is 2.43 bits per heavy atom. The van der Waals surface area contributed by atoms with E-state index in [9.17, 15) is 0 Å². The standard InChI is InChI=1S/C19H21NO/c1-15(16-5-3-2-4-6-16)21-19-9-7-17(8-10-19)18-11-13-20-14-12-18/h2-11,15,20H,12-14H2,1H3. The van der Waals surface area contributed by atoms with Crippen LogP contribution in [-0.4, -0.2) is 13.1 Å². The van der Waals surface area contributed by atoms with Gasteiger partial charge in [0.2, 0.25) is 0 Å². The molecule has 0 aliphatic carbocycles. The van der Waals surface area contributed by atoms with Gasteiger partial charge in [0.25, 0.3) is 0 Å². The number of ether oxygens (including phenoxy) is 1. The summed E-state index contributed by atoms with van der Waals surface area (Å²) in [7, 11) is 0. The highest BCUT2D eigenvalue weighted by Crippen LogP contribution is 2.25. The van der Waals surface area contributed by atoms with E-state index in [2.05, 4.69) is 54.7 Å². The third-order valence-corrected chi connectivity index (χ3v) is 3.87. The summed E-state index contributed by atoms with van der Waals surface area (Å²) in [6.07, 6.45) is 3.43. The number of rotatable bonds is 4. The van der Waals surface area contributed by atoms with Crippen LogP contribution in [0.25, 0.3) is 5.57 Å². The fourth-order valence-electron chi connectivity index (χ4n) is 2.63. The van der Waals surface area contributed by atoms with Gasteiger partial charge in [0.1, 0.15) is 11.9 Å². The van der Waals surface area contributed by atoms with Crippen LogP contribution in [0.4, 0.5) is 0 Å². The van der Waals surface area contributed by atoms with Crippen LogP contribution >= 0.6 is 0 Å². The van der Waals surface area contributed by atoms with Crippen molar-refractivity contribution in [1.82, 2.24) is 5.32 Å². The van der Waals surface area contributed by atoms with Crippen molar-refractivity contribution < 1.29 is 4.74 Å². The molecule has 2 aromatic rings. The maximum atomic E-state index is 6.01. The minimum absolute atomic E-state index is 0.0650. The highest BCUT2D eigenvalue weighted by atomic mass is 16.5. The Bertz CT molecular complexity index is 601. The van der Waals surface area contributed by atoms with E-state index in [0.717, 1.165) is 25.3 Å². The van der Waals surface area contributed by atoms with Crippen molar-refractivity contribution in [2.45, 2.75) is 19.4 Å². The minimum atomic E-state index is 0.0650. The molecule has 2 nitrogen and oxygen atoms in total. The van der Waals surface area contributed by atoms with Gasteiger partial charge in [0.05, 0.1) is 0 Å². The van der Waals surface area contributed by atoms with E-state index in [1.807, 2.05) is 18.2 Å². The van der Waals surface area contributed by atoms with Gasteiger partial charge in [-0.15, -0.1) is 0 Å². The molecule has 1 unspecified atom stereocenters. The summed E-state index contributed by atoms with van der Waals surface area (Å²) < 4.78 is 6.01. The van der Waals surface area contributed by atoms with Gasteiger partial charge in [-0.05, 0) is 48.7 Å². The lowest BCUT2D eigenvalue weighted by Crippen LogP contribution is -2.19. The highest BCUT2D eigenvalue weighted by Gasteiger charge is 2.08. The molecule has 0 amide bonds. The van der Waals surface area contributed by atoms with Gasteiger partial charge in [0, 0.05) is 6.54 Å². The fourth-order valence-corrected chi connectivity index (χ4v) is 2.63. The van der Waals surface area contributed by atoms with E-state index in [1.165, 1.54) is 16.7 Å². The molecule has 1 heterocycles. The molecule has 1 N–H and O–H groups in total. The zero-order valence-corrected chi connectivity index (χ0v) is 12.4. The first-order valence-electron chi connectivity index (χ1n) is 7.55. The van der Waals surface area contributed by atoms with Crippen molar-refractivity contribution in [3.05, 3.63) is 71.8 Å². The van der Waals surface area contributed by atoms with Gasteiger partial charge < -0.3 is 10.1 Å². The molecule has 0 bridgehead atoms. The molecule has 3 rings (SSSR count). The smallest absolute Gasteiger partial charge is 0.121 e. The van der Waals surface area contributed by atoms with Crippen molar-refractivity contribution in [1.29, 1.82) is 0 Å². The molecular formula is C19H21NO. The second-order valence-corrected chi connectivity index (χ2v) is 5.38. The Kier molecular flexibility index (Phi) is 4.37. The monoisotopic (exact) mass is 279 g/mol. The quantitative estimate of drug-likeness (QED) is 0.905. The van der Waals surface area contributed by atoms with Crippen LogP contribution in [0.5, 0.6) is 5.75 Å². The Morgan fingerprint density at radius 2 is 1.76 bits per heavy atom. The summed E-state index contributed by atoms with van der Waals surface area (Å²) in [6, 6.07) is 18.8. The second-order valence-electron chi connectivity index (χ2n) is 5.38. The van der Waals surface area contributed by atoms with Crippen molar-refractivity contribution in [2.75, 3.05) is 13.1 Å². The average molecular weight is 279 g/mol. The van der Waals surface area contributed by atoms with E-state index < -0.39 is 0 Å². The lowest BCUT2D eigenvalue weighted by molar-refractivity contribution is 0.227. The van der Waals surface area contributed by atoms with E-state index in [-0.39, 0.29) is 6.10 Å². The van der Waals surface area contributed by atoms with Crippen LogP contribution < -0.4 is 10.1 Å².